The third-order valence-corrected chi connectivity index (χ3v) is 11.0. The Bertz CT molecular complexity index is 2170. The van der Waals surface area contributed by atoms with Gasteiger partial charge in [-0.3, -0.25) is 0 Å². The second-order valence-corrected chi connectivity index (χ2v) is 17.0. The van der Waals surface area contributed by atoms with Crippen LogP contribution in [0.25, 0.3) is 11.1 Å². The number of carbonyl (C=O) groups excluding carboxylic acids is 2. The van der Waals surface area contributed by atoms with Crippen LogP contribution in [0.4, 0.5) is 0 Å². The molecule has 69 heavy (non-hydrogen) atoms. The van der Waals surface area contributed by atoms with Crippen molar-refractivity contribution in [3.63, 3.8) is 0 Å². The summed E-state index contributed by atoms with van der Waals surface area (Å²) in [5.41, 5.74) is 3.20. The van der Waals surface area contributed by atoms with Crippen molar-refractivity contribution in [2.75, 3.05) is 52.9 Å². The summed E-state index contributed by atoms with van der Waals surface area (Å²) in [7, 11) is 0. The Morgan fingerprint density at radius 1 is 0.377 bits per heavy atom. The lowest BCUT2D eigenvalue weighted by Crippen LogP contribution is -2.33. The largest absolute Gasteiger partial charge is 0.489 e. The highest BCUT2D eigenvalue weighted by Gasteiger charge is 2.56. The normalized spacial score (nSPS) is 12.0. The fraction of sp³-hybridized carbons (Fsp3) is 0.474. The molecule has 4 aromatic rings. The zero-order valence-electron chi connectivity index (χ0n) is 42.7. The van der Waals surface area contributed by atoms with Crippen LogP contribution in [0.2, 0.25) is 0 Å². The summed E-state index contributed by atoms with van der Waals surface area (Å²) in [6, 6.07) is 16.4. The molecule has 0 amide bonds. The maximum absolute atomic E-state index is 13.8. The molecule has 0 N–H and O–H groups in total. The van der Waals surface area contributed by atoms with Gasteiger partial charge in [-0.2, -0.15) is 0 Å². The predicted molar refractivity (Wildman–Crippen MR) is 271 cm³/mol. The van der Waals surface area contributed by atoms with E-state index in [1.54, 1.807) is 13.8 Å². The van der Waals surface area contributed by atoms with Gasteiger partial charge in [-0.25, -0.2) is 9.59 Å². The van der Waals surface area contributed by atoms with Gasteiger partial charge in [0, 0.05) is 11.1 Å². The summed E-state index contributed by atoms with van der Waals surface area (Å²) in [5.74, 6) is 0.259. The molecule has 0 radical (unpaired) electrons. The number of hydrogen-bond acceptors (Lipinski definition) is 12. The fourth-order valence-corrected chi connectivity index (χ4v) is 8.11. The van der Waals surface area contributed by atoms with Crippen molar-refractivity contribution in [1.82, 2.24) is 0 Å². The van der Waals surface area contributed by atoms with Crippen LogP contribution in [0.5, 0.6) is 57.5 Å². The Labute approximate surface area is 410 Å². The molecule has 0 saturated carbocycles. The number of hydrogen-bond donors (Lipinski definition) is 0. The van der Waals surface area contributed by atoms with Gasteiger partial charge in [-0.15, -0.1) is 0 Å². The van der Waals surface area contributed by atoms with E-state index in [0.717, 1.165) is 22.3 Å². The van der Waals surface area contributed by atoms with E-state index in [9.17, 15) is 9.59 Å². The van der Waals surface area contributed by atoms with Crippen LogP contribution in [-0.2, 0) is 15.0 Å². The van der Waals surface area contributed by atoms with Gasteiger partial charge in [0.2, 0.25) is 34.5 Å². The maximum atomic E-state index is 13.8. The SMILES string of the molecule is C=C(C)C(=O)Oc1c(OCCC)c(OCCC)c(C2(c3c(OCCC)c(OCCC)c(OC(=O)C(=C)C)c(OCCC)c3OCCC)c3ccccc3-c3ccccc32)c(OCCC)c1OCCC. The summed E-state index contributed by atoms with van der Waals surface area (Å²) in [4.78, 5) is 27.7. The predicted octanol–water partition coefficient (Wildman–Crippen LogP) is 13.3. The van der Waals surface area contributed by atoms with Gasteiger partial charge in [0.15, 0.2) is 23.0 Å². The average Bonchev–Trinajstić information content (AvgIpc) is 3.64. The Kier molecular flexibility index (Phi) is 20.1. The van der Waals surface area contributed by atoms with Crippen molar-refractivity contribution < 1.29 is 57.0 Å². The molecule has 1 aliphatic carbocycles. The Hall–Kier alpha value is -6.30. The highest BCUT2D eigenvalue weighted by atomic mass is 16.6. The molecule has 4 aromatic carbocycles. The van der Waals surface area contributed by atoms with E-state index in [1.807, 2.05) is 79.7 Å². The second-order valence-electron chi connectivity index (χ2n) is 17.0. The van der Waals surface area contributed by atoms with E-state index in [2.05, 4.69) is 37.4 Å². The first-order chi connectivity index (χ1) is 33.5. The van der Waals surface area contributed by atoms with Gasteiger partial charge in [-0.1, -0.05) is 117 Å². The van der Waals surface area contributed by atoms with Gasteiger partial charge < -0.3 is 47.4 Å². The standard InChI is InChI=1S/C57H74O12/c1-13-29-60-45-43(46(61-30-14-2)50(65-34-18-6)53(49(45)64-33-17-5)68-55(58)37(9)10)57(41-27-23-21-25-39(41)40-26-22-24-28-42(40)57)44-47(62-31-15-3)51(66-35-19-7)54(69-56(59)38(11)12)52(67-36-20-8)48(44)63-32-16-4/h21-28H,9,11,13-20,29-36H2,1-8,10,12H3. The van der Waals surface area contributed by atoms with Crippen LogP contribution in [-0.4, -0.2) is 64.8 Å². The van der Waals surface area contributed by atoms with Gasteiger partial charge in [0.1, 0.15) is 0 Å². The van der Waals surface area contributed by atoms with E-state index >= 15 is 0 Å². The van der Waals surface area contributed by atoms with Crippen molar-refractivity contribution in [3.05, 3.63) is 95.1 Å². The van der Waals surface area contributed by atoms with Gasteiger partial charge >= 0.3 is 11.9 Å². The molecule has 1 aliphatic rings. The van der Waals surface area contributed by atoms with Crippen LogP contribution in [0.3, 0.4) is 0 Å². The molecule has 0 fully saturated rings. The molecule has 12 heteroatoms. The summed E-state index contributed by atoms with van der Waals surface area (Å²) in [6.07, 6.45) is 4.86. The number of esters is 2. The topological polar surface area (TPSA) is 126 Å². The minimum absolute atomic E-state index is 0.00600. The summed E-state index contributed by atoms with van der Waals surface area (Å²) in [6.45, 7) is 28.9. The molecule has 0 atom stereocenters. The van der Waals surface area contributed by atoms with E-state index in [4.69, 9.17) is 47.4 Å². The molecule has 12 nitrogen and oxygen atoms in total. The highest BCUT2D eigenvalue weighted by molar-refractivity contribution is 5.95. The van der Waals surface area contributed by atoms with Gasteiger partial charge in [0.25, 0.3) is 0 Å². The lowest BCUT2D eigenvalue weighted by molar-refractivity contribution is -0.131. The molecule has 5 rings (SSSR count). The molecular weight excluding hydrogens is 877 g/mol. The van der Waals surface area contributed by atoms with Crippen molar-refractivity contribution in [2.24, 2.45) is 0 Å². The minimum Gasteiger partial charge on any atom is -0.489 e. The number of rotatable bonds is 30. The smallest absolute Gasteiger partial charge is 0.338 e. The molecule has 0 aromatic heterocycles. The first kappa shape index (κ1) is 53.7. The van der Waals surface area contributed by atoms with Crippen LogP contribution in [0.15, 0.2) is 72.8 Å². The first-order valence-corrected chi connectivity index (χ1v) is 24.9. The van der Waals surface area contributed by atoms with E-state index in [0.29, 0.717) is 62.5 Å². The van der Waals surface area contributed by atoms with Crippen LogP contribution < -0.4 is 47.4 Å². The summed E-state index contributed by atoms with van der Waals surface area (Å²) >= 11 is 0. The van der Waals surface area contributed by atoms with E-state index in [1.165, 1.54) is 0 Å². The average molecular weight is 951 g/mol. The Morgan fingerprint density at radius 3 is 0.841 bits per heavy atom. The highest BCUT2D eigenvalue weighted by Crippen LogP contribution is 2.70. The zero-order chi connectivity index (χ0) is 50.1. The van der Waals surface area contributed by atoms with Crippen molar-refractivity contribution in [1.29, 1.82) is 0 Å². The van der Waals surface area contributed by atoms with Crippen molar-refractivity contribution in [2.45, 2.75) is 126 Å². The van der Waals surface area contributed by atoms with Crippen LogP contribution in [0.1, 0.15) is 143 Å². The number of benzene rings is 4. The van der Waals surface area contributed by atoms with Crippen LogP contribution >= 0.6 is 0 Å². The molecule has 0 saturated heterocycles. The second kappa shape index (κ2) is 25.9. The number of carbonyl (C=O) groups is 2. The number of fused-ring (bicyclic) bond motifs is 3. The van der Waals surface area contributed by atoms with Crippen molar-refractivity contribution in [3.8, 4) is 68.6 Å². The van der Waals surface area contributed by atoms with Crippen LogP contribution in [0, 0.1) is 0 Å². The molecule has 0 unspecified atom stereocenters. The summed E-state index contributed by atoms with van der Waals surface area (Å²) in [5, 5.41) is 0. The molecule has 374 valence electrons. The third-order valence-electron chi connectivity index (χ3n) is 11.0. The molecule has 0 spiro atoms. The van der Waals surface area contributed by atoms with E-state index in [-0.39, 0.29) is 121 Å². The van der Waals surface area contributed by atoms with Gasteiger partial charge in [-0.05, 0) is 87.5 Å². The molecule has 0 heterocycles. The minimum atomic E-state index is -1.54. The molecule has 0 aliphatic heterocycles. The molecule has 0 bridgehead atoms. The lowest BCUT2D eigenvalue weighted by atomic mass is 9.65. The quantitative estimate of drug-likeness (QED) is 0.0247. The zero-order valence-corrected chi connectivity index (χ0v) is 42.7. The fourth-order valence-electron chi connectivity index (χ4n) is 8.11. The Balaban J connectivity index is 2.32. The van der Waals surface area contributed by atoms with Gasteiger partial charge in [0.05, 0.1) is 69.4 Å². The summed E-state index contributed by atoms with van der Waals surface area (Å²) < 4.78 is 68.3. The van der Waals surface area contributed by atoms with Crippen molar-refractivity contribution >= 4 is 11.9 Å². The lowest BCUT2D eigenvalue weighted by Gasteiger charge is -2.40. The van der Waals surface area contributed by atoms with E-state index < -0.39 is 17.4 Å². The first-order valence-electron chi connectivity index (χ1n) is 24.9. The third kappa shape index (κ3) is 11.3. The maximum Gasteiger partial charge on any atom is 0.338 e. The molecular formula is C57H74O12. The monoisotopic (exact) mass is 951 g/mol. The Morgan fingerprint density at radius 2 is 0.609 bits per heavy atom. The number of ether oxygens (including phenoxy) is 10.